The summed E-state index contributed by atoms with van der Waals surface area (Å²) in [6.07, 6.45) is 0.962. The van der Waals surface area contributed by atoms with Gasteiger partial charge in [0.25, 0.3) is 0 Å². The summed E-state index contributed by atoms with van der Waals surface area (Å²) in [5.41, 5.74) is 1.02. The van der Waals surface area contributed by atoms with Crippen LogP contribution in [-0.2, 0) is 11.2 Å². The highest BCUT2D eigenvalue weighted by Gasteiger charge is 2.18. The van der Waals surface area contributed by atoms with E-state index in [0.29, 0.717) is 0 Å². The van der Waals surface area contributed by atoms with Gasteiger partial charge in [-0.2, -0.15) is 0 Å². The van der Waals surface area contributed by atoms with Gasteiger partial charge in [0, 0.05) is 25.5 Å². The molecule has 1 rings (SSSR count). The summed E-state index contributed by atoms with van der Waals surface area (Å²) in [4.78, 5) is 17.8. The first-order chi connectivity index (χ1) is 7.95. The number of carbonyl (C=O) groups excluding carboxylic acids is 1. The highest BCUT2D eigenvalue weighted by atomic mass is 32.1. The van der Waals surface area contributed by atoms with E-state index >= 15 is 0 Å². The van der Waals surface area contributed by atoms with Crippen molar-refractivity contribution in [1.29, 1.82) is 0 Å². The Morgan fingerprint density at radius 3 is 2.65 bits per heavy atom. The summed E-state index contributed by atoms with van der Waals surface area (Å²) in [6.45, 7) is 6.01. The normalized spacial score (nSPS) is 14.4. The van der Waals surface area contributed by atoms with Crippen LogP contribution in [0.3, 0.4) is 0 Å². The summed E-state index contributed by atoms with van der Waals surface area (Å²) < 4.78 is 0. The average Bonchev–Trinajstić information content (AvgIpc) is 2.76. The van der Waals surface area contributed by atoms with Gasteiger partial charge < -0.3 is 4.90 Å². The lowest BCUT2D eigenvalue weighted by Crippen LogP contribution is -2.42. The molecule has 2 atom stereocenters. The highest BCUT2D eigenvalue weighted by Crippen LogP contribution is 2.17. The third kappa shape index (κ3) is 3.78. The van der Waals surface area contributed by atoms with Crippen LogP contribution < -0.4 is 5.32 Å². The molecule has 0 fully saturated rings. The molecule has 1 heterocycles. The van der Waals surface area contributed by atoms with Gasteiger partial charge >= 0.3 is 0 Å². The van der Waals surface area contributed by atoms with Crippen LogP contribution in [0.2, 0.25) is 0 Å². The molecule has 0 radical (unpaired) electrons. The third-order valence-corrected chi connectivity index (χ3v) is 3.64. The van der Waals surface area contributed by atoms with Crippen LogP contribution in [-0.4, -0.2) is 35.9 Å². The number of aryl methyl sites for hydroxylation is 1. The number of rotatable bonds is 5. The van der Waals surface area contributed by atoms with Crippen LogP contribution >= 0.6 is 11.3 Å². The number of aromatic nitrogens is 1. The molecule has 0 aliphatic carbocycles. The second-order valence-corrected chi connectivity index (χ2v) is 5.31. The van der Waals surface area contributed by atoms with Gasteiger partial charge in [-0.05, 0) is 20.3 Å². The van der Waals surface area contributed by atoms with Crippen molar-refractivity contribution in [2.45, 2.75) is 39.3 Å². The Kier molecular flexibility index (Phi) is 5.08. The molecule has 17 heavy (non-hydrogen) atoms. The van der Waals surface area contributed by atoms with E-state index in [0.717, 1.165) is 17.1 Å². The molecule has 5 heteroatoms. The van der Waals surface area contributed by atoms with Crippen LogP contribution in [0.5, 0.6) is 0 Å². The lowest BCUT2D eigenvalue weighted by Gasteiger charge is -2.21. The molecule has 1 aromatic heterocycles. The van der Waals surface area contributed by atoms with Crippen molar-refractivity contribution < 1.29 is 4.79 Å². The number of carbonyl (C=O) groups is 1. The van der Waals surface area contributed by atoms with Gasteiger partial charge in [-0.1, -0.05) is 6.92 Å². The van der Waals surface area contributed by atoms with Crippen molar-refractivity contribution in [2.75, 3.05) is 14.1 Å². The topological polar surface area (TPSA) is 45.2 Å². The number of likely N-dealkylation sites (N-methyl/N-ethyl adjacent to an activating group) is 1. The number of amides is 1. The molecule has 0 bridgehead atoms. The summed E-state index contributed by atoms with van der Waals surface area (Å²) in [7, 11) is 3.53. The summed E-state index contributed by atoms with van der Waals surface area (Å²) in [5.74, 6) is 0.0859. The molecule has 0 aliphatic heterocycles. The molecule has 1 N–H and O–H groups in total. The maximum absolute atomic E-state index is 11.7. The monoisotopic (exact) mass is 255 g/mol. The smallest absolute Gasteiger partial charge is 0.238 e. The van der Waals surface area contributed by atoms with Gasteiger partial charge in [0.2, 0.25) is 5.91 Å². The standard InChI is InChI=1S/C12H21N3OS/c1-6-11-14-10(7-17-11)8(2)13-9(3)12(16)15(4)5/h7-9,13H,6H2,1-5H3/t8-,9+/m0/s1. The summed E-state index contributed by atoms with van der Waals surface area (Å²) in [5, 5.41) is 6.47. The van der Waals surface area contributed by atoms with Crippen molar-refractivity contribution in [1.82, 2.24) is 15.2 Å². The molecule has 0 saturated carbocycles. The van der Waals surface area contributed by atoms with Gasteiger partial charge in [0.1, 0.15) is 0 Å². The van der Waals surface area contributed by atoms with Gasteiger partial charge in [-0.3, -0.25) is 10.1 Å². The number of hydrogen-bond donors (Lipinski definition) is 1. The van der Waals surface area contributed by atoms with Crippen LogP contribution in [0, 0.1) is 0 Å². The minimum Gasteiger partial charge on any atom is -0.347 e. The first-order valence-electron chi connectivity index (χ1n) is 5.87. The van der Waals surface area contributed by atoms with Gasteiger partial charge in [0.15, 0.2) is 0 Å². The summed E-state index contributed by atoms with van der Waals surface area (Å²) in [6, 6.07) is -0.0859. The van der Waals surface area contributed by atoms with Crippen molar-refractivity contribution in [3.05, 3.63) is 16.1 Å². The number of thiazole rings is 1. The molecule has 0 spiro atoms. The van der Waals surface area contributed by atoms with E-state index in [-0.39, 0.29) is 18.0 Å². The molecule has 0 saturated heterocycles. The fourth-order valence-electron chi connectivity index (χ4n) is 1.61. The van der Waals surface area contributed by atoms with E-state index in [1.54, 1.807) is 30.3 Å². The van der Waals surface area contributed by atoms with Gasteiger partial charge in [0.05, 0.1) is 16.7 Å². The lowest BCUT2D eigenvalue weighted by atomic mass is 10.2. The van der Waals surface area contributed by atoms with E-state index in [4.69, 9.17) is 0 Å². The van der Waals surface area contributed by atoms with E-state index in [1.807, 2.05) is 13.8 Å². The second-order valence-electron chi connectivity index (χ2n) is 4.36. The van der Waals surface area contributed by atoms with Crippen LogP contribution in [0.4, 0.5) is 0 Å². The van der Waals surface area contributed by atoms with E-state index < -0.39 is 0 Å². The van der Waals surface area contributed by atoms with E-state index in [1.165, 1.54) is 0 Å². The Hall–Kier alpha value is -0.940. The third-order valence-electron chi connectivity index (χ3n) is 2.63. The zero-order valence-corrected chi connectivity index (χ0v) is 12.0. The molecule has 96 valence electrons. The molecule has 1 aromatic rings. The van der Waals surface area contributed by atoms with Crippen molar-refractivity contribution in [2.24, 2.45) is 0 Å². The largest absolute Gasteiger partial charge is 0.347 e. The molecular weight excluding hydrogens is 234 g/mol. The van der Waals surface area contributed by atoms with Crippen molar-refractivity contribution in [3.8, 4) is 0 Å². The predicted octanol–water partition coefficient (Wildman–Crippen LogP) is 1.83. The number of hydrogen-bond acceptors (Lipinski definition) is 4. The van der Waals surface area contributed by atoms with Gasteiger partial charge in [-0.15, -0.1) is 11.3 Å². The fraction of sp³-hybridized carbons (Fsp3) is 0.667. The molecular formula is C12H21N3OS. The van der Waals surface area contributed by atoms with Crippen molar-refractivity contribution >= 4 is 17.2 Å². The Morgan fingerprint density at radius 2 is 2.18 bits per heavy atom. The lowest BCUT2D eigenvalue weighted by molar-refractivity contribution is -0.130. The Bertz CT molecular complexity index is 376. The fourth-order valence-corrected chi connectivity index (χ4v) is 2.44. The van der Waals surface area contributed by atoms with Crippen LogP contribution in [0.25, 0.3) is 0 Å². The van der Waals surface area contributed by atoms with Crippen LogP contribution in [0.15, 0.2) is 5.38 Å². The zero-order valence-electron chi connectivity index (χ0n) is 11.2. The van der Waals surface area contributed by atoms with Crippen molar-refractivity contribution in [3.63, 3.8) is 0 Å². The minimum atomic E-state index is -0.188. The molecule has 0 aromatic carbocycles. The maximum Gasteiger partial charge on any atom is 0.238 e. The highest BCUT2D eigenvalue weighted by molar-refractivity contribution is 7.09. The number of nitrogens with zero attached hydrogens (tertiary/aromatic N) is 2. The quantitative estimate of drug-likeness (QED) is 0.873. The minimum absolute atomic E-state index is 0.0859. The SMILES string of the molecule is CCc1nc([C@H](C)N[C@H](C)C(=O)N(C)C)cs1. The first kappa shape index (κ1) is 14.1. The molecule has 0 unspecified atom stereocenters. The van der Waals surface area contributed by atoms with Crippen LogP contribution in [0.1, 0.15) is 37.5 Å². The molecule has 1 amide bonds. The van der Waals surface area contributed by atoms with E-state index in [2.05, 4.69) is 22.6 Å². The maximum atomic E-state index is 11.7. The van der Waals surface area contributed by atoms with Gasteiger partial charge in [-0.25, -0.2) is 4.98 Å². The average molecular weight is 255 g/mol. The number of nitrogens with one attached hydrogen (secondary N) is 1. The molecule has 4 nitrogen and oxygen atoms in total. The zero-order chi connectivity index (χ0) is 13.0. The molecule has 0 aliphatic rings. The summed E-state index contributed by atoms with van der Waals surface area (Å²) >= 11 is 1.67. The Balaban J connectivity index is 2.59. The Morgan fingerprint density at radius 1 is 1.53 bits per heavy atom. The second kappa shape index (κ2) is 6.12. The predicted molar refractivity (Wildman–Crippen MR) is 71.2 cm³/mol. The first-order valence-corrected chi connectivity index (χ1v) is 6.75. The Labute approximate surface area is 107 Å². The van der Waals surface area contributed by atoms with E-state index in [9.17, 15) is 4.79 Å².